The fourth-order valence-electron chi connectivity index (χ4n) is 1.99. The van der Waals surface area contributed by atoms with Crippen LogP contribution in [0.3, 0.4) is 0 Å². The molecule has 1 aromatic carbocycles. The number of nitro benzene ring substituents is 1. The first-order chi connectivity index (χ1) is 9.32. The van der Waals surface area contributed by atoms with E-state index in [1.54, 1.807) is 11.8 Å². The smallest absolute Gasteiger partial charge is 0.258 e. The Labute approximate surface area is 129 Å². The summed E-state index contributed by atoms with van der Waals surface area (Å²) in [6, 6.07) is 3.96. The highest BCUT2D eigenvalue weighted by Gasteiger charge is 2.34. The fraction of sp³-hybridized carbons (Fsp3) is 0.455. The summed E-state index contributed by atoms with van der Waals surface area (Å²) >= 11 is 4.86. The van der Waals surface area contributed by atoms with Crippen LogP contribution in [0.25, 0.3) is 0 Å². The van der Waals surface area contributed by atoms with Gasteiger partial charge in [-0.05, 0) is 12.1 Å². The Kier molecular flexibility index (Phi) is 4.73. The van der Waals surface area contributed by atoms with Crippen LogP contribution in [0.2, 0.25) is 0 Å². The van der Waals surface area contributed by atoms with Crippen LogP contribution in [0.15, 0.2) is 27.6 Å². The number of nitrogens with zero attached hydrogens (tertiary/aromatic N) is 2. The summed E-state index contributed by atoms with van der Waals surface area (Å²) < 4.78 is 27.0. The molecule has 0 radical (unpaired) electrons. The first-order valence-electron chi connectivity index (χ1n) is 5.88. The van der Waals surface area contributed by atoms with Crippen molar-refractivity contribution < 1.29 is 13.3 Å². The topological polar surface area (TPSA) is 80.5 Å². The molecule has 0 amide bonds. The van der Waals surface area contributed by atoms with Gasteiger partial charge in [-0.25, -0.2) is 8.42 Å². The van der Waals surface area contributed by atoms with E-state index in [2.05, 4.69) is 15.9 Å². The van der Waals surface area contributed by atoms with Gasteiger partial charge in [0.05, 0.1) is 4.92 Å². The lowest BCUT2D eigenvalue weighted by Crippen LogP contribution is -2.41. The third-order valence-electron chi connectivity index (χ3n) is 2.94. The van der Waals surface area contributed by atoms with E-state index >= 15 is 0 Å². The number of thioether (sulfide) groups is 1. The summed E-state index contributed by atoms with van der Waals surface area (Å²) in [7, 11) is -3.84. The second kappa shape index (κ2) is 6.00. The van der Waals surface area contributed by atoms with Crippen LogP contribution < -0.4 is 0 Å². The van der Waals surface area contributed by atoms with E-state index in [1.807, 2.05) is 6.92 Å². The average Bonchev–Trinajstić information content (AvgIpc) is 2.38. The molecule has 0 spiro atoms. The Morgan fingerprint density at radius 2 is 2.20 bits per heavy atom. The molecule has 1 aromatic rings. The number of benzene rings is 1. The van der Waals surface area contributed by atoms with E-state index in [4.69, 9.17) is 0 Å². The molecule has 0 aromatic heterocycles. The first-order valence-corrected chi connectivity index (χ1v) is 9.16. The zero-order valence-corrected chi connectivity index (χ0v) is 13.9. The monoisotopic (exact) mass is 380 g/mol. The zero-order chi connectivity index (χ0) is 14.9. The number of nitro groups is 1. The van der Waals surface area contributed by atoms with Crippen molar-refractivity contribution >= 4 is 43.4 Å². The van der Waals surface area contributed by atoms with Crippen molar-refractivity contribution in [3.63, 3.8) is 0 Å². The third-order valence-corrected chi connectivity index (χ3v) is 6.46. The van der Waals surface area contributed by atoms with Gasteiger partial charge in [0.25, 0.3) is 5.69 Å². The van der Waals surface area contributed by atoms with Gasteiger partial charge in [0.1, 0.15) is 0 Å². The molecule has 0 N–H and O–H groups in total. The van der Waals surface area contributed by atoms with Crippen molar-refractivity contribution in [1.29, 1.82) is 0 Å². The second-order valence-electron chi connectivity index (χ2n) is 4.41. The van der Waals surface area contributed by atoms with Crippen molar-refractivity contribution in [1.82, 2.24) is 4.31 Å². The molecule has 1 aliphatic rings. The summed E-state index contributed by atoms with van der Waals surface area (Å²) in [5, 5.41) is 11.2. The summed E-state index contributed by atoms with van der Waals surface area (Å²) in [5.74, 6) is 0.697. The van der Waals surface area contributed by atoms with E-state index in [9.17, 15) is 18.5 Å². The maximum absolute atomic E-state index is 12.6. The molecule has 0 saturated carbocycles. The van der Waals surface area contributed by atoms with Crippen LogP contribution in [-0.4, -0.2) is 41.7 Å². The van der Waals surface area contributed by atoms with Gasteiger partial charge in [0.15, 0.2) is 4.90 Å². The predicted molar refractivity (Wildman–Crippen MR) is 81.5 cm³/mol. The Balaban J connectivity index is 2.48. The molecule has 1 aliphatic heterocycles. The van der Waals surface area contributed by atoms with E-state index < -0.39 is 14.9 Å². The Morgan fingerprint density at radius 3 is 2.80 bits per heavy atom. The van der Waals surface area contributed by atoms with Gasteiger partial charge in [0, 0.05) is 34.6 Å². The standard InChI is InChI=1S/C11H13BrN2O4S2/c1-8-7-13(4-5-19-8)20(17,18)11-6-9(12)2-3-10(11)14(15)16/h2-3,6,8H,4-5,7H2,1H3. The van der Waals surface area contributed by atoms with Crippen LogP contribution in [0.5, 0.6) is 0 Å². The summed E-state index contributed by atoms with van der Waals surface area (Å²) in [4.78, 5) is 10.1. The molecule has 1 saturated heterocycles. The highest BCUT2D eigenvalue weighted by atomic mass is 79.9. The van der Waals surface area contributed by atoms with Crippen molar-refractivity contribution in [2.24, 2.45) is 0 Å². The molecule has 6 nitrogen and oxygen atoms in total. The minimum absolute atomic E-state index is 0.185. The van der Waals surface area contributed by atoms with Crippen LogP contribution >= 0.6 is 27.7 Å². The Morgan fingerprint density at radius 1 is 1.50 bits per heavy atom. The average molecular weight is 381 g/mol. The van der Waals surface area contributed by atoms with E-state index in [0.29, 0.717) is 23.3 Å². The Hall–Kier alpha value is -0.640. The SMILES string of the molecule is CC1CN(S(=O)(=O)c2cc(Br)ccc2[N+](=O)[O-])CCS1. The molecular weight excluding hydrogens is 368 g/mol. The number of halogens is 1. The molecular formula is C11H13BrN2O4S2. The van der Waals surface area contributed by atoms with E-state index in [0.717, 1.165) is 0 Å². The molecule has 2 rings (SSSR count). The van der Waals surface area contributed by atoms with Gasteiger partial charge in [-0.3, -0.25) is 10.1 Å². The molecule has 1 unspecified atom stereocenters. The number of hydrogen-bond acceptors (Lipinski definition) is 5. The van der Waals surface area contributed by atoms with E-state index in [1.165, 1.54) is 22.5 Å². The van der Waals surface area contributed by atoms with Crippen molar-refractivity contribution in [3.8, 4) is 0 Å². The van der Waals surface area contributed by atoms with Crippen molar-refractivity contribution in [2.45, 2.75) is 17.1 Å². The largest absolute Gasteiger partial charge is 0.289 e. The van der Waals surface area contributed by atoms with Gasteiger partial charge < -0.3 is 0 Å². The van der Waals surface area contributed by atoms with Crippen molar-refractivity contribution in [2.75, 3.05) is 18.8 Å². The number of hydrogen-bond donors (Lipinski definition) is 0. The maximum Gasteiger partial charge on any atom is 0.289 e. The number of rotatable bonds is 3. The van der Waals surface area contributed by atoms with Crippen LogP contribution in [0, 0.1) is 10.1 Å². The lowest BCUT2D eigenvalue weighted by molar-refractivity contribution is -0.387. The van der Waals surface area contributed by atoms with Gasteiger partial charge in [0.2, 0.25) is 10.0 Å². The summed E-state index contributed by atoms with van der Waals surface area (Å²) in [6.45, 7) is 2.69. The Bertz CT molecular complexity index is 635. The lowest BCUT2D eigenvalue weighted by atomic mass is 10.3. The molecule has 1 fully saturated rings. The van der Waals surface area contributed by atoms with Crippen LogP contribution in [0.4, 0.5) is 5.69 Å². The molecule has 20 heavy (non-hydrogen) atoms. The molecule has 1 atom stereocenters. The highest BCUT2D eigenvalue weighted by molar-refractivity contribution is 9.10. The minimum Gasteiger partial charge on any atom is -0.258 e. The minimum atomic E-state index is -3.84. The second-order valence-corrected chi connectivity index (χ2v) is 8.78. The van der Waals surface area contributed by atoms with Gasteiger partial charge in [-0.2, -0.15) is 16.1 Å². The van der Waals surface area contributed by atoms with Gasteiger partial charge in [-0.15, -0.1) is 0 Å². The van der Waals surface area contributed by atoms with Gasteiger partial charge >= 0.3 is 0 Å². The molecule has 110 valence electrons. The predicted octanol–water partition coefficient (Wildman–Crippen LogP) is 2.48. The molecule has 1 heterocycles. The molecule has 0 bridgehead atoms. The van der Waals surface area contributed by atoms with Crippen molar-refractivity contribution in [3.05, 3.63) is 32.8 Å². The fourth-order valence-corrected chi connectivity index (χ4v) is 5.44. The quantitative estimate of drug-likeness (QED) is 0.594. The van der Waals surface area contributed by atoms with Crippen LogP contribution in [0.1, 0.15) is 6.92 Å². The maximum atomic E-state index is 12.6. The number of sulfonamides is 1. The third kappa shape index (κ3) is 3.16. The highest BCUT2D eigenvalue weighted by Crippen LogP contribution is 2.31. The summed E-state index contributed by atoms with van der Waals surface area (Å²) in [5.41, 5.74) is -0.390. The van der Waals surface area contributed by atoms with Crippen LogP contribution in [-0.2, 0) is 10.0 Å². The van der Waals surface area contributed by atoms with Gasteiger partial charge in [-0.1, -0.05) is 22.9 Å². The lowest BCUT2D eigenvalue weighted by Gasteiger charge is -2.29. The normalized spacial score (nSPS) is 20.8. The summed E-state index contributed by atoms with van der Waals surface area (Å²) in [6.07, 6.45) is 0. The molecule has 9 heteroatoms. The first kappa shape index (κ1) is 15.7. The molecule has 0 aliphatic carbocycles. The van der Waals surface area contributed by atoms with E-state index in [-0.39, 0.29) is 15.8 Å². The zero-order valence-electron chi connectivity index (χ0n) is 10.7.